The lowest BCUT2D eigenvalue weighted by atomic mass is 10.5. The van der Waals surface area contributed by atoms with E-state index in [0.717, 1.165) is 13.9 Å². The summed E-state index contributed by atoms with van der Waals surface area (Å²) in [7, 11) is 0. The number of thioether (sulfide) groups is 1. The molecule has 0 saturated carbocycles. The maximum absolute atomic E-state index is 11.4. The van der Waals surface area contributed by atoms with Crippen molar-refractivity contribution in [2.24, 2.45) is 0 Å². The minimum Gasteiger partial charge on any atom is -0.462 e. The molecule has 0 aliphatic carbocycles. The molecule has 0 N–H and O–H groups in total. The van der Waals surface area contributed by atoms with Crippen molar-refractivity contribution in [2.45, 2.75) is 25.1 Å². The van der Waals surface area contributed by atoms with Crippen molar-refractivity contribution < 1.29 is 9.53 Å². The van der Waals surface area contributed by atoms with Gasteiger partial charge in [0.1, 0.15) is 9.71 Å². The second-order valence-electron chi connectivity index (χ2n) is 2.68. The number of aromatic nitrogens is 1. The van der Waals surface area contributed by atoms with Gasteiger partial charge in [0.25, 0.3) is 0 Å². The highest BCUT2D eigenvalue weighted by atomic mass is 32.2. The van der Waals surface area contributed by atoms with E-state index in [1.54, 1.807) is 30.0 Å². The Hall–Kier alpha value is -0.590. The lowest BCUT2D eigenvalue weighted by Gasteiger charge is -1.95. The van der Waals surface area contributed by atoms with Gasteiger partial charge in [-0.05, 0) is 19.2 Å². The molecule has 17 heavy (non-hydrogen) atoms. The van der Waals surface area contributed by atoms with Crippen molar-refractivity contribution in [3.8, 4) is 0 Å². The topological polar surface area (TPSA) is 39.2 Å². The maximum atomic E-state index is 11.4. The van der Waals surface area contributed by atoms with E-state index in [2.05, 4.69) is 4.98 Å². The molecule has 94 valence electrons. The number of carbonyl (C=O) groups is 1. The second-order valence-corrected chi connectivity index (χ2v) is 5.80. The Bertz CT molecular complexity index is 458. The van der Waals surface area contributed by atoms with E-state index >= 15 is 0 Å². The molecule has 0 aliphatic heterocycles. The van der Waals surface area contributed by atoms with Gasteiger partial charge in [-0.2, -0.15) is 0 Å². The first kappa shape index (κ1) is 14.5. The molecule has 0 saturated heterocycles. The summed E-state index contributed by atoms with van der Waals surface area (Å²) < 4.78 is 7.02. The SMILES string of the molecule is CC.CCOC(=O)c1cc2sc(SC)nc2s1. The summed E-state index contributed by atoms with van der Waals surface area (Å²) >= 11 is 4.62. The van der Waals surface area contributed by atoms with Crippen molar-refractivity contribution in [1.29, 1.82) is 0 Å². The molecular weight excluding hydrogens is 274 g/mol. The van der Waals surface area contributed by atoms with E-state index in [4.69, 9.17) is 4.74 Å². The summed E-state index contributed by atoms with van der Waals surface area (Å²) in [6, 6.07) is 1.86. The predicted molar refractivity (Wildman–Crippen MR) is 76.6 cm³/mol. The molecule has 2 rings (SSSR count). The number of esters is 1. The molecule has 0 bridgehead atoms. The highest BCUT2D eigenvalue weighted by molar-refractivity contribution is 8.00. The smallest absolute Gasteiger partial charge is 0.348 e. The van der Waals surface area contributed by atoms with E-state index < -0.39 is 0 Å². The fourth-order valence-electron chi connectivity index (χ4n) is 1.11. The molecule has 0 aliphatic rings. The van der Waals surface area contributed by atoms with Gasteiger partial charge in [-0.3, -0.25) is 0 Å². The van der Waals surface area contributed by atoms with Gasteiger partial charge in [-0.1, -0.05) is 25.6 Å². The van der Waals surface area contributed by atoms with Crippen LogP contribution in [-0.2, 0) is 4.74 Å². The van der Waals surface area contributed by atoms with Crippen molar-refractivity contribution in [2.75, 3.05) is 12.9 Å². The molecule has 0 fully saturated rings. The van der Waals surface area contributed by atoms with Gasteiger partial charge in [0.05, 0.1) is 11.3 Å². The first-order valence-corrected chi connectivity index (χ1v) is 8.22. The first-order valence-electron chi connectivity index (χ1n) is 5.36. The van der Waals surface area contributed by atoms with Gasteiger partial charge in [0.2, 0.25) is 0 Å². The van der Waals surface area contributed by atoms with Crippen molar-refractivity contribution >= 4 is 49.9 Å². The normalized spacial score (nSPS) is 9.88. The first-order chi connectivity index (χ1) is 8.24. The van der Waals surface area contributed by atoms with Gasteiger partial charge >= 0.3 is 5.97 Å². The average Bonchev–Trinajstić information content (AvgIpc) is 2.89. The Morgan fingerprint density at radius 2 is 2.18 bits per heavy atom. The number of fused-ring (bicyclic) bond motifs is 1. The van der Waals surface area contributed by atoms with E-state index in [0.29, 0.717) is 11.5 Å². The van der Waals surface area contributed by atoms with Crippen LogP contribution in [0.3, 0.4) is 0 Å². The molecule has 2 heterocycles. The number of thiophene rings is 1. The van der Waals surface area contributed by atoms with E-state index in [-0.39, 0.29) is 5.97 Å². The molecule has 3 nitrogen and oxygen atoms in total. The van der Waals surface area contributed by atoms with Crippen molar-refractivity contribution in [1.82, 2.24) is 4.98 Å². The fourth-order valence-corrected chi connectivity index (χ4v) is 3.79. The number of thiazole rings is 1. The van der Waals surface area contributed by atoms with Crippen molar-refractivity contribution in [3.63, 3.8) is 0 Å². The van der Waals surface area contributed by atoms with Crippen LogP contribution in [0.5, 0.6) is 0 Å². The monoisotopic (exact) mass is 289 g/mol. The zero-order chi connectivity index (χ0) is 12.8. The van der Waals surface area contributed by atoms with Crippen LogP contribution in [0, 0.1) is 0 Å². The molecule has 2 aromatic rings. The maximum Gasteiger partial charge on any atom is 0.348 e. The lowest BCUT2D eigenvalue weighted by molar-refractivity contribution is 0.0532. The Morgan fingerprint density at radius 3 is 2.71 bits per heavy atom. The van der Waals surface area contributed by atoms with Crippen LogP contribution >= 0.6 is 34.4 Å². The molecule has 0 radical (unpaired) electrons. The zero-order valence-corrected chi connectivity index (χ0v) is 12.7. The molecule has 0 aromatic carbocycles. The van der Waals surface area contributed by atoms with Gasteiger partial charge in [0.15, 0.2) is 4.34 Å². The van der Waals surface area contributed by atoms with Gasteiger partial charge in [-0.25, -0.2) is 9.78 Å². The molecular formula is C11H15NO2S3. The van der Waals surface area contributed by atoms with E-state index in [1.165, 1.54) is 11.3 Å². The van der Waals surface area contributed by atoms with Crippen LogP contribution < -0.4 is 0 Å². The molecule has 6 heteroatoms. The average molecular weight is 289 g/mol. The van der Waals surface area contributed by atoms with Crippen LogP contribution in [0.2, 0.25) is 0 Å². The summed E-state index contributed by atoms with van der Waals surface area (Å²) in [5, 5.41) is 0. The number of carbonyl (C=O) groups excluding carboxylic acids is 1. The summed E-state index contributed by atoms with van der Waals surface area (Å²) in [6.45, 7) is 6.21. The highest BCUT2D eigenvalue weighted by Crippen LogP contribution is 2.34. The second kappa shape index (κ2) is 6.98. The van der Waals surface area contributed by atoms with Crippen molar-refractivity contribution in [3.05, 3.63) is 10.9 Å². The standard InChI is InChI=1S/C9H9NO2S3.C2H6/c1-3-12-8(11)6-4-5-7(14-6)10-9(13-2)15-5;1-2/h4H,3H2,1-2H3;1-2H3. The Labute approximate surface area is 113 Å². The number of rotatable bonds is 3. The third kappa shape index (κ3) is 3.43. The van der Waals surface area contributed by atoms with Crippen LogP contribution in [0.4, 0.5) is 0 Å². The van der Waals surface area contributed by atoms with Gasteiger partial charge in [-0.15, -0.1) is 22.7 Å². The summed E-state index contributed by atoms with van der Waals surface area (Å²) in [6.07, 6.45) is 1.99. The fraction of sp³-hybridized carbons (Fsp3) is 0.455. The van der Waals surface area contributed by atoms with Crippen LogP contribution in [-0.4, -0.2) is 23.8 Å². The molecule has 0 atom stereocenters. The van der Waals surface area contributed by atoms with E-state index in [9.17, 15) is 4.79 Å². The molecule has 0 unspecified atom stereocenters. The third-order valence-electron chi connectivity index (χ3n) is 1.72. The van der Waals surface area contributed by atoms with Crippen LogP contribution in [0.1, 0.15) is 30.4 Å². The minimum absolute atomic E-state index is 0.251. The number of ether oxygens (including phenoxy) is 1. The predicted octanol–water partition coefficient (Wildman–Crippen LogP) is 4.28. The molecule has 2 aromatic heterocycles. The largest absolute Gasteiger partial charge is 0.462 e. The number of hydrogen-bond acceptors (Lipinski definition) is 6. The summed E-state index contributed by atoms with van der Waals surface area (Å²) in [4.78, 5) is 17.4. The number of hydrogen-bond donors (Lipinski definition) is 0. The Kier molecular flexibility index (Phi) is 5.94. The van der Waals surface area contributed by atoms with Gasteiger partial charge < -0.3 is 4.74 Å². The Balaban J connectivity index is 0.000000686. The third-order valence-corrected chi connectivity index (χ3v) is 4.85. The minimum atomic E-state index is -0.251. The quantitative estimate of drug-likeness (QED) is 0.624. The molecule has 0 spiro atoms. The Morgan fingerprint density at radius 1 is 1.47 bits per heavy atom. The zero-order valence-electron chi connectivity index (χ0n) is 10.3. The summed E-state index contributed by atoms with van der Waals surface area (Å²) in [5.41, 5.74) is 0. The number of nitrogens with zero attached hydrogens (tertiary/aromatic N) is 1. The van der Waals surface area contributed by atoms with Crippen LogP contribution in [0.25, 0.3) is 9.53 Å². The molecule has 0 amide bonds. The van der Waals surface area contributed by atoms with Crippen LogP contribution in [0.15, 0.2) is 10.4 Å². The highest BCUT2D eigenvalue weighted by Gasteiger charge is 2.14. The summed E-state index contributed by atoms with van der Waals surface area (Å²) in [5.74, 6) is -0.251. The lowest BCUT2D eigenvalue weighted by Crippen LogP contribution is -2.01. The van der Waals surface area contributed by atoms with E-state index in [1.807, 2.05) is 26.2 Å². The van der Waals surface area contributed by atoms with Gasteiger partial charge in [0, 0.05) is 0 Å².